The zero-order chi connectivity index (χ0) is 7.44. The van der Waals surface area contributed by atoms with E-state index in [1.165, 1.54) is 0 Å². The number of carbonyl (C=O) groups is 1. The molecule has 0 saturated heterocycles. The fourth-order valence-corrected chi connectivity index (χ4v) is 0.575. The third-order valence-electron chi connectivity index (χ3n) is 1.15. The molecule has 0 heterocycles. The van der Waals surface area contributed by atoms with Gasteiger partial charge >= 0.3 is 0 Å². The van der Waals surface area contributed by atoms with Crippen LogP contribution < -0.4 is 0 Å². The molecule has 0 aliphatic carbocycles. The average Bonchev–Trinajstić information content (AvgIpc) is 1.63. The normalized spacial score (nSPS) is 8.90. The Kier molecular flexibility index (Phi) is 7.68. The number of rotatable bonds is 3. The third kappa shape index (κ3) is 6.35. The maximum atomic E-state index is 10.9. The van der Waals surface area contributed by atoms with Crippen molar-refractivity contribution in [3.63, 3.8) is 0 Å². The summed E-state index contributed by atoms with van der Waals surface area (Å²) in [6.07, 6.45) is 0.697. The maximum Gasteiger partial charge on any atom is 0.00131 e. The predicted octanol–water partition coefficient (Wildman–Crippen LogP) is 2.21. The molecule has 0 aromatic heterocycles. The summed E-state index contributed by atoms with van der Waals surface area (Å²) in [6.45, 7) is 7.84. The van der Waals surface area contributed by atoms with Gasteiger partial charge in [-0.15, -0.1) is 0 Å². The summed E-state index contributed by atoms with van der Waals surface area (Å²) in [4.78, 5) is 10.9. The zero-order valence-electron chi connectivity index (χ0n) is 7.10. The van der Waals surface area contributed by atoms with Gasteiger partial charge in [-0.2, -0.15) is 13.8 Å². The molecular formula is C8H15OW-. The van der Waals surface area contributed by atoms with Crippen LogP contribution in [0.25, 0.3) is 0 Å². The Hall–Kier alpha value is 0.228. The Morgan fingerprint density at radius 1 is 1.40 bits per heavy atom. The van der Waals surface area contributed by atoms with Crippen molar-refractivity contribution in [2.75, 3.05) is 0 Å². The van der Waals surface area contributed by atoms with Crippen molar-refractivity contribution in [2.45, 2.75) is 34.1 Å². The Morgan fingerprint density at radius 2 is 1.80 bits per heavy atom. The molecule has 60 valence electrons. The molecule has 2 heteroatoms. The molecule has 10 heavy (non-hydrogen) atoms. The standard InChI is InChI=1S/C8H15O.W/c1-6(2)5-8(9)7(3)4;/h6H,5H2,1-4H3;/q-1;. The molecule has 0 bridgehead atoms. The van der Waals surface area contributed by atoms with Crippen LogP contribution in [0.15, 0.2) is 0 Å². The van der Waals surface area contributed by atoms with E-state index in [4.69, 9.17) is 0 Å². The molecule has 0 radical (unpaired) electrons. The van der Waals surface area contributed by atoms with E-state index in [9.17, 15) is 4.79 Å². The van der Waals surface area contributed by atoms with Crippen LogP contribution in [0.4, 0.5) is 0 Å². The first-order chi connectivity index (χ1) is 4.04. The Bertz CT molecular complexity index is 97.4. The Labute approximate surface area is 77.8 Å². The zero-order valence-corrected chi connectivity index (χ0v) is 10.0. The summed E-state index contributed by atoms with van der Waals surface area (Å²) in [5.74, 6) is 1.71. The van der Waals surface area contributed by atoms with Crippen molar-refractivity contribution in [3.05, 3.63) is 5.92 Å². The van der Waals surface area contributed by atoms with Crippen molar-refractivity contribution in [1.82, 2.24) is 0 Å². The summed E-state index contributed by atoms with van der Waals surface area (Å²) in [7, 11) is 0. The molecule has 0 fully saturated rings. The summed E-state index contributed by atoms with van der Waals surface area (Å²) in [5, 5.41) is 0. The number of ketones is 1. The van der Waals surface area contributed by atoms with Gasteiger partial charge in [0, 0.05) is 26.8 Å². The van der Waals surface area contributed by atoms with E-state index in [-0.39, 0.29) is 21.1 Å². The molecule has 1 nitrogen and oxygen atoms in total. The molecular weight excluding hydrogens is 296 g/mol. The van der Waals surface area contributed by atoms with Gasteiger partial charge in [-0.3, -0.25) is 0 Å². The van der Waals surface area contributed by atoms with E-state index in [1.54, 1.807) is 0 Å². The molecule has 0 atom stereocenters. The number of hydrogen-bond acceptors (Lipinski definition) is 1. The molecule has 0 amide bonds. The molecule has 0 spiro atoms. The topological polar surface area (TPSA) is 17.1 Å². The molecule has 0 saturated carbocycles. The number of hydrogen-bond donors (Lipinski definition) is 0. The van der Waals surface area contributed by atoms with Gasteiger partial charge in [0.15, 0.2) is 0 Å². The first-order valence-electron chi connectivity index (χ1n) is 3.37. The van der Waals surface area contributed by atoms with Crippen molar-refractivity contribution in [3.8, 4) is 0 Å². The quantitative estimate of drug-likeness (QED) is 0.731. The van der Waals surface area contributed by atoms with Crippen LogP contribution in [-0.4, -0.2) is 5.78 Å². The van der Waals surface area contributed by atoms with E-state index in [0.717, 1.165) is 5.92 Å². The van der Waals surface area contributed by atoms with E-state index in [0.29, 0.717) is 18.1 Å². The molecule has 0 unspecified atom stereocenters. The van der Waals surface area contributed by atoms with Gasteiger partial charge in [-0.05, 0) is 12.3 Å². The van der Waals surface area contributed by atoms with Crippen molar-refractivity contribution in [2.24, 2.45) is 5.92 Å². The predicted molar refractivity (Wildman–Crippen MR) is 39.1 cm³/mol. The fraction of sp³-hybridized carbons (Fsp3) is 0.750. The Balaban J connectivity index is 0. The molecule has 0 aromatic rings. The van der Waals surface area contributed by atoms with Crippen LogP contribution >= 0.6 is 0 Å². The van der Waals surface area contributed by atoms with Crippen LogP contribution in [0.2, 0.25) is 0 Å². The van der Waals surface area contributed by atoms with Crippen molar-refractivity contribution >= 4 is 5.78 Å². The second-order valence-corrected chi connectivity index (χ2v) is 3.02. The second kappa shape index (κ2) is 5.97. The molecule has 0 aliphatic heterocycles. The molecule has 0 rings (SSSR count). The monoisotopic (exact) mass is 311 g/mol. The fourth-order valence-electron chi connectivity index (χ4n) is 0.575. The Morgan fingerprint density at radius 3 is 1.90 bits per heavy atom. The van der Waals surface area contributed by atoms with E-state index in [2.05, 4.69) is 13.8 Å². The largest absolute Gasteiger partial charge is 0.334 e. The van der Waals surface area contributed by atoms with E-state index < -0.39 is 0 Å². The minimum atomic E-state index is 0. The first kappa shape index (κ1) is 12.9. The SMILES string of the molecule is C[C-](C)C(=O)CC(C)C.[W]. The van der Waals surface area contributed by atoms with Crippen LogP contribution in [0.3, 0.4) is 0 Å². The minimum Gasteiger partial charge on any atom is -0.334 e. The van der Waals surface area contributed by atoms with Crippen molar-refractivity contribution in [1.29, 1.82) is 0 Å². The second-order valence-electron chi connectivity index (χ2n) is 3.02. The van der Waals surface area contributed by atoms with Crippen LogP contribution in [-0.2, 0) is 25.9 Å². The van der Waals surface area contributed by atoms with Gasteiger partial charge in [-0.1, -0.05) is 13.8 Å². The van der Waals surface area contributed by atoms with E-state index >= 15 is 0 Å². The average molecular weight is 311 g/mol. The van der Waals surface area contributed by atoms with Gasteiger partial charge in [0.05, 0.1) is 0 Å². The van der Waals surface area contributed by atoms with E-state index in [1.807, 2.05) is 13.8 Å². The van der Waals surface area contributed by atoms with Gasteiger partial charge in [-0.25, -0.2) is 0 Å². The third-order valence-corrected chi connectivity index (χ3v) is 1.15. The molecule has 0 aliphatic rings. The molecule has 0 aromatic carbocycles. The molecule has 0 N–H and O–H groups in total. The smallest absolute Gasteiger partial charge is 0.00131 e. The summed E-state index contributed by atoms with van der Waals surface area (Å²) in [6, 6.07) is 0. The number of carbonyl (C=O) groups excluding carboxylic acids is 1. The minimum absolute atomic E-state index is 0. The maximum absolute atomic E-state index is 10.9. The summed E-state index contributed by atoms with van der Waals surface area (Å²) >= 11 is 0. The van der Waals surface area contributed by atoms with Gasteiger partial charge in [0.25, 0.3) is 0 Å². The summed E-state index contributed by atoms with van der Waals surface area (Å²) in [5.41, 5.74) is 0. The van der Waals surface area contributed by atoms with Gasteiger partial charge < -0.3 is 10.7 Å². The van der Waals surface area contributed by atoms with Crippen LogP contribution in [0.1, 0.15) is 34.1 Å². The number of Topliss-reactive ketones (excluding diaryl/α,β-unsaturated/α-hetero) is 1. The van der Waals surface area contributed by atoms with Crippen molar-refractivity contribution < 1.29 is 25.9 Å². The summed E-state index contributed by atoms with van der Waals surface area (Å²) < 4.78 is 0. The van der Waals surface area contributed by atoms with Gasteiger partial charge in [0.2, 0.25) is 0 Å². The first-order valence-corrected chi connectivity index (χ1v) is 3.37. The van der Waals surface area contributed by atoms with Crippen LogP contribution in [0, 0.1) is 11.8 Å². The van der Waals surface area contributed by atoms with Gasteiger partial charge in [0.1, 0.15) is 0 Å². The van der Waals surface area contributed by atoms with Crippen LogP contribution in [0.5, 0.6) is 0 Å².